The average molecular weight is 337 g/mol. The van der Waals surface area contributed by atoms with Crippen LogP contribution in [-0.4, -0.2) is 24.2 Å². The predicted molar refractivity (Wildman–Crippen MR) is 108 cm³/mol. The van der Waals surface area contributed by atoms with Gasteiger partial charge in [-0.05, 0) is 60.1 Å². The highest BCUT2D eigenvalue weighted by atomic mass is 15.1. The van der Waals surface area contributed by atoms with E-state index in [1.807, 2.05) is 0 Å². The van der Waals surface area contributed by atoms with Crippen LogP contribution in [0.4, 0.5) is 0 Å². The molecule has 0 bridgehead atoms. The Kier molecular flexibility index (Phi) is 5.78. The van der Waals surface area contributed by atoms with E-state index in [0.29, 0.717) is 17.5 Å². The lowest BCUT2D eigenvalue weighted by Gasteiger charge is -2.31. The molecule has 25 heavy (non-hydrogen) atoms. The van der Waals surface area contributed by atoms with Crippen LogP contribution in [-0.2, 0) is 0 Å². The van der Waals surface area contributed by atoms with Crippen LogP contribution in [0.1, 0.15) is 52.4 Å². The number of allylic oxidation sites excluding steroid dienone is 2. The Morgan fingerprint density at radius 1 is 1.20 bits per heavy atom. The number of benzene rings is 1. The summed E-state index contributed by atoms with van der Waals surface area (Å²) < 4.78 is 0. The fourth-order valence-electron chi connectivity index (χ4n) is 4.36. The molecule has 2 aliphatic rings. The first kappa shape index (κ1) is 18.0. The van der Waals surface area contributed by atoms with Crippen LogP contribution >= 0.6 is 0 Å². The van der Waals surface area contributed by atoms with Crippen LogP contribution in [0.3, 0.4) is 0 Å². The van der Waals surface area contributed by atoms with E-state index in [1.54, 1.807) is 0 Å². The Morgan fingerprint density at radius 3 is 2.64 bits per heavy atom. The van der Waals surface area contributed by atoms with Crippen LogP contribution in [0, 0.1) is 17.2 Å². The van der Waals surface area contributed by atoms with Crippen molar-refractivity contribution in [2.24, 2.45) is 11.8 Å². The standard InChI is InChI=1S/C23H32N2/c1-4-25(3)22(19-11-6-5-7-12-19)16-21(24)23-17(2)14-15-18-10-8-9-13-20(18)23/h8-10,13,15-17,19,24H,4-7,11-12,14H2,1-3H3/b22-16-,24-21?. The molecule has 1 unspecified atom stereocenters. The smallest absolute Gasteiger partial charge is 0.0598 e. The van der Waals surface area contributed by atoms with Gasteiger partial charge in [0.05, 0.1) is 5.71 Å². The third kappa shape index (κ3) is 3.89. The van der Waals surface area contributed by atoms with Gasteiger partial charge in [-0.1, -0.05) is 56.5 Å². The number of hydrogen-bond donors (Lipinski definition) is 1. The van der Waals surface area contributed by atoms with Crippen LogP contribution in [0.15, 0.2) is 36.0 Å². The van der Waals surface area contributed by atoms with Gasteiger partial charge in [0, 0.05) is 19.3 Å². The van der Waals surface area contributed by atoms with Gasteiger partial charge in [0.25, 0.3) is 0 Å². The van der Waals surface area contributed by atoms with E-state index in [9.17, 15) is 0 Å². The monoisotopic (exact) mass is 336 g/mol. The maximum atomic E-state index is 8.91. The predicted octanol–water partition coefficient (Wildman–Crippen LogP) is 4.09. The molecular weight excluding hydrogens is 304 g/mol. The molecule has 0 amide bonds. The highest BCUT2D eigenvalue weighted by Crippen LogP contribution is 2.32. The average Bonchev–Trinajstić information content (AvgIpc) is 2.66. The van der Waals surface area contributed by atoms with E-state index in [2.05, 4.69) is 62.2 Å². The lowest BCUT2D eigenvalue weighted by atomic mass is 9.83. The van der Waals surface area contributed by atoms with E-state index < -0.39 is 0 Å². The number of fused-ring (bicyclic) bond motifs is 1. The summed E-state index contributed by atoms with van der Waals surface area (Å²) in [7, 11) is 2.18. The molecule has 1 fully saturated rings. The van der Waals surface area contributed by atoms with Crippen molar-refractivity contribution in [2.45, 2.75) is 52.4 Å². The molecule has 0 saturated heterocycles. The summed E-state index contributed by atoms with van der Waals surface area (Å²) >= 11 is 0. The number of nitrogens with one attached hydrogen (secondary N) is 1. The maximum Gasteiger partial charge on any atom is 0.0598 e. The van der Waals surface area contributed by atoms with Crippen molar-refractivity contribution < 1.29 is 0 Å². The second kappa shape index (κ2) is 8.03. The first-order chi connectivity index (χ1) is 12.1. The number of hydrogen-bond acceptors (Lipinski definition) is 2. The van der Waals surface area contributed by atoms with Crippen molar-refractivity contribution in [2.75, 3.05) is 13.6 Å². The minimum Gasteiger partial charge on any atom is -0.378 e. The lowest BCUT2D eigenvalue weighted by molar-refractivity contribution is 0.311. The van der Waals surface area contributed by atoms with Gasteiger partial charge in [-0.2, -0.15) is 0 Å². The molecule has 0 heterocycles. The fourth-order valence-corrected chi connectivity index (χ4v) is 4.36. The molecule has 1 aromatic rings. The van der Waals surface area contributed by atoms with Gasteiger partial charge < -0.3 is 10.3 Å². The summed E-state index contributed by atoms with van der Waals surface area (Å²) in [6, 6.07) is 8.56. The third-order valence-corrected chi connectivity index (χ3v) is 5.96. The summed E-state index contributed by atoms with van der Waals surface area (Å²) in [6.07, 6.45) is 12.1. The van der Waals surface area contributed by atoms with Crippen LogP contribution < -0.4 is 10.4 Å². The van der Waals surface area contributed by atoms with Crippen molar-refractivity contribution in [3.63, 3.8) is 0 Å². The zero-order chi connectivity index (χ0) is 17.8. The van der Waals surface area contributed by atoms with Crippen molar-refractivity contribution in [3.8, 4) is 0 Å². The van der Waals surface area contributed by atoms with Crippen LogP contribution in [0.2, 0.25) is 0 Å². The van der Waals surface area contributed by atoms with Crippen LogP contribution in [0.25, 0.3) is 11.6 Å². The molecule has 2 nitrogen and oxygen atoms in total. The molecule has 2 aliphatic carbocycles. The molecule has 0 aliphatic heterocycles. The molecule has 0 radical (unpaired) electrons. The Morgan fingerprint density at radius 2 is 1.92 bits per heavy atom. The molecule has 134 valence electrons. The van der Waals surface area contributed by atoms with E-state index in [1.165, 1.54) is 53.8 Å². The van der Waals surface area contributed by atoms with Crippen molar-refractivity contribution in [1.29, 1.82) is 5.41 Å². The normalized spacial score (nSPS) is 21.5. The second-order valence-electron chi connectivity index (χ2n) is 7.67. The Balaban J connectivity index is 2.02. The molecule has 1 N–H and O–H groups in total. The molecule has 1 saturated carbocycles. The fraction of sp³-hybridized carbons (Fsp3) is 0.522. The van der Waals surface area contributed by atoms with Gasteiger partial charge in [0.2, 0.25) is 0 Å². The summed E-state index contributed by atoms with van der Waals surface area (Å²) in [5, 5.41) is 11.5. The van der Waals surface area contributed by atoms with Crippen LogP contribution in [0.5, 0.6) is 0 Å². The zero-order valence-electron chi connectivity index (χ0n) is 16.0. The van der Waals surface area contributed by atoms with Gasteiger partial charge in [0.15, 0.2) is 0 Å². The van der Waals surface area contributed by atoms with E-state index in [4.69, 9.17) is 5.41 Å². The second-order valence-corrected chi connectivity index (χ2v) is 7.67. The van der Waals surface area contributed by atoms with Gasteiger partial charge in [-0.25, -0.2) is 0 Å². The van der Waals surface area contributed by atoms with Gasteiger partial charge in [-0.15, -0.1) is 0 Å². The first-order valence-electron chi connectivity index (χ1n) is 9.93. The van der Waals surface area contributed by atoms with Gasteiger partial charge >= 0.3 is 0 Å². The summed E-state index contributed by atoms with van der Waals surface area (Å²) in [6.45, 7) is 5.47. The van der Waals surface area contributed by atoms with E-state index in [-0.39, 0.29) is 0 Å². The molecule has 1 aromatic carbocycles. The minimum atomic E-state index is 0.415. The molecule has 2 heteroatoms. The summed E-state index contributed by atoms with van der Waals surface area (Å²) in [5.41, 5.74) is 3.31. The van der Waals surface area contributed by atoms with Crippen molar-refractivity contribution in [3.05, 3.63) is 46.5 Å². The molecule has 1 atom stereocenters. The molecule has 3 rings (SSSR count). The lowest BCUT2D eigenvalue weighted by Crippen LogP contribution is -2.34. The summed E-state index contributed by atoms with van der Waals surface area (Å²) in [5.74, 6) is 1.04. The van der Waals surface area contributed by atoms with Gasteiger partial charge in [0.1, 0.15) is 0 Å². The molecule has 0 aromatic heterocycles. The van der Waals surface area contributed by atoms with E-state index >= 15 is 0 Å². The SMILES string of the molecule is CCN(C)/C(=C\C(=N)C1=c2ccccc2=CCC1C)C1CCCCC1. The summed E-state index contributed by atoms with van der Waals surface area (Å²) in [4.78, 5) is 2.36. The Labute approximate surface area is 152 Å². The Bertz CT molecular complexity index is 766. The Hall–Kier alpha value is -1.83. The zero-order valence-corrected chi connectivity index (χ0v) is 16.0. The highest BCUT2D eigenvalue weighted by Gasteiger charge is 2.22. The van der Waals surface area contributed by atoms with Gasteiger partial charge in [-0.3, -0.25) is 0 Å². The molecule has 0 spiro atoms. The quantitative estimate of drug-likeness (QED) is 0.806. The third-order valence-electron chi connectivity index (χ3n) is 5.96. The van der Waals surface area contributed by atoms with Crippen molar-refractivity contribution >= 4 is 17.4 Å². The number of nitrogens with zero attached hydrogens (tertiary/aromatic N) is 1. The minimum absolute atomic E-state index is 0.415. The largest absolute Gasteiger partial charge is 0.378 e. The highest BCUT2D eigenvalue weighted by molar-refractivity contribution is 6.23. The first-order valence-corrected chi connectivity index (χ1v) is 9.93. The van der Waals surface area contributed by atoms with Crippen molar-refractivity contribution in [1.82, 2.24) is 4.90 Å². The maximum absolute atomic E-state index is 8.91. The molecular formula is C23H32N2. The van der Waals surface area contributed by atoms with E-state index in [0.717, 1.165) is 13.0 Å². The number of rotatable bonds is 5. The topological polar surface area (TPSA) is 27.1 Å².